The second-order valence-corrected chi connectivity index (χ2v) is 4.70. The van der Waals surface area contributed by atoms with E-state index in [-0.39, 0.29) is 5.28 Å². The minimum absolute atomic E-state index is 0.253. The number of anilines is 1. The number of nitrogens with one attached hydrogen (secondary N) is 1. The first-order chi connectivity index (χ1) is 7.19. The van der Waals surface area contributed by atoms with Crippen molar-refractivity contribution in [3.8, 4) is 0 Å². The first-order valence-electron chi connectivity index (χ1n) is 4.66. The Morgan fingerprint density at radius 2 is 2.33 bits per heavy atom. The van der Waals surface area contributed by atoms with Crippen LogP contribution in [0.1, 0.15) is 12.8 Å². The maximum atomic E-state index is 5.71. The molecule has 0 amide bonds. The van der Waals surface area contributed by atoms with Crippen LogP contribution in [-0.4, -0.2) is 29.2 Å². The first-order valence-corrected chi connectivity index (χ1v) is 5.83. The van der Waals surface area contributed by atoms with Crippen molar-refractivity contribution in [1.82, 2.24) is 9.97 Å². The van der Waals surface area contributed by atoms with Gasteiger partial charge in [-0.15, -0.1) is 0 Å². The predicted molar refractivity (Wildman–Crippen MR) is 62.2 cm³/mol. The van der Waals surface area contributed by atoms with Crippen molar-refractivity contribution in [2.75, 3.05) is 12.4 Å². The number of methoxy groups -OCH3 is 1. The van der Waals surface area contributed by atoms with Gasteiger partial charge in [0.15, 0.2) is 0 Å². The Hall–Kier alpha value is -0.390. The summed E-state index contributed by atoms with van der Waals surface area (Å²) in [5.74, 6) is 0.745. The fourth-order valence-corrected chi connectivity index (χ4v) is 1.95. The van der Waals surface area contributed by atoms with E-state index in [1.807, 2.05) is 0 Å². The fourth-order valence-electron chi connectivity index (χ4n) is 1.52. The van der Waals surface area contributed by atoms with Crippen LogP contribution in [0.2, 0.25) is 5.28 Å². The minimum atomic E-state index is 0.253. The standard InChI is InChI=1S/C9H11BrClN3O/c1-15-6-2-5(3-6)13-8-7(10)4-12-9(11)14-8/h4-6H,2-3H2,1H3,(H,12,13,14). The van der Waals surface area contributed by atoms with E-state index in [1.54, 1.807) is 13.3 Å². The third kappa shape index (κ3) is 2.59. The van der Waals surface area contributed by atoms with E-state index in [0.717, 1.165) is 23.1 Å². The highest BCUT2D eigenvalue weighted by molar-refractivity contribution is 9.10. The van der Waals surface area contributed by atoms with Gasteiger partial charge in [-0.05, 0) is 40.4 Å². The number of hydrogen-bond acceptors (Lipinski definition) is 4. The zero-order chi connectivity index (χ0) is 10.8. The molecule has 0 aromatic carbocycles. The SMILES string of the molecule is COC1CC(Nc2nc(Cl)ncc2Br)C1. The molecule has 1 aromatic rings. The van der Waals surface area contributed by atoms with Crippen molar-refractivity contribution in [3.63, 3.8) is 0 Å². The molecule has 0 spiro atoms. The number of nitrogens with zero attached hydrogens (tertiary/aromatic N) is 2. The van der Waals surface area contributed by atoms with Gasteiger partial charge in [-0.25, -0.2) is 4.98 Å². The van der Waals surface area contributed by atoms with Crippen LogP contribution in [0.25, 0.3) is 0 Å². The van der Waals surface area contributed by atoms with E-state index in [4.69, 9.17) is 16.3 Å². The molecule has 6 heteroatoms. The average molecular weight is 293 g/mol. The number of ether oxygens (including phenoxy) is 1. The van der Waals surface area contributed by atoms with Gasteiger partial charge >= 0.3 is 0 Å². The zero-order valence-electron chi connectivity index (χ0n) is 8.20. The number of rotatable bonds is 3. The topological polar surface area (TPSA) is 47.0 Å². The second-order valence-electron chi connectivity index (χ2n) is 3.51. The van der Waals surface area contributed by atoms with Gasteiger partial charge in [0.05, 0.1) is 10.6 Å². The summed E-state index contributed by atoms with van der Waals surface area (Å²) in [6, 6.07) is 0.414. The molecule has 0 unspecified atom stereocenters. The molecule has 1 aliphatic rings. The summed E-state index contributed by atoms with van der Waals surface area (Å²) in [5.41, 5.74) is 0. The summed E-state index contributed by atoms with van der Waals surface area (Å²) >= 11 is 9.08. The van der Waals surface area contributed by atoms with Crippen LogP contribution in [-0.2, 0) is 4.74 Å². The van der Waals surface area contributed by atoms with Gasteiger partial charge < -0.3 is 10.1 Å². The Morgan fingerprint density at radius 3 is 3.00 bits per heavy atom. The summed E-state index contributed by atoms with van der Waals surface area (Å²) in [6.45, 7) is 0. The molecule has 15 heavy (non-hydrogen) atoms. The predicted octanol–water partition coefficient (Wildman–Crippen LogP) is 2.48. The monoisotopic (exact) mass is 291 g/mol. The van der Waals surface area contributed by atoms with E-state index in [9.17, 15) is 0 Å². The molecule has 4 nitrogen and oxygen atoms in total. The molecule has 0 bridgehead atoms. The zero-order valence-corrected chi connectivity index (χ0v) is 10.5. The third-order valence-corrected chi connectivity index (χ3v) is 3.25. The van der Waals surface area contributed by atoms with E-state index in [2.05, 4.69) is 31.2 Å². The normalized spacial score (nSPS) is 24.7. The molecular weight excluding hydrogens is 281 g/mol. The van der Waals surface area contributed by atoms with Crippen molar-refractivity contribution in [3.05, 3.63) is 16.0 Å². The van der Waals surface area contributed by atoms with Crippen LogP contribution in [0.15, 0.2) is 10.7 Å². The molecule has 1 aromatic heterocycles. The lowest BCUT2D eigenvalue weighted by atomic mass is 9.89. The van der Waals surface area contributed by atoms with E-state index < -0.39 is 0 Å². The molecule has 1 aliphatic carbocycles. The highest BCUT2D eigenvalue weighted by atomic mass is 79.9. The van der Waals surface area contributed by atoms with E-state index in [1.165, 1.54) is 0 Å². The van der Waals surface area contributed by atoms with Gasteiger partial charge in [-0.2, -0.15) is 4.98 Å². The molecule has 1 heterocycles. The highest BCUT2D eigenvalue weighted by Gasteiger charge is 2.29. The summed E-state index contributed by atoms with van der Waals surface area (Å²) in [7, 11) is 1.73. The lowest BCUT2D eigenvalue weighted by Crippen LogP contribution is -2.40. The van der Waals surface area contributed by atoms with Gasteiger partial charge in [-0.3, -0.25) is 0 Å². The van der Waals surface area contributed by atoms with Gasteiger partial charge in [0, 0.05) is 19.3 Å². The van der Waals surface area contributed by atoms with Crippen LogP contribution in [0.5, 0.6) is 0 Å². The Kier molecular flexibility index (Phi) is 3.43. The van der Waals surface area contributed by atoms with Crippen molar-refractivity contribution < 1.29 is 4.74 Å². The van der Waals surface area contributed by atoms with Crippen LogP contribution < -0.4 is 5.32 Å². The Labute approximate surface area is 102 Å². The molecule has 0 aliphatic heterocycles. The van der Waals surface area contributed by atoms with Gasteiger partial charge in [0.25, 0.3) is 0 Å². The maximum absolute atomic E-state index is 5.71. The molecular formula is C9H11BrClN3O. The highest BCUT2D eigenvalue weighted by Crippen LogP contribution is 2.28. The quantitative estimate of drug-likeness (QED) is 0.870. The minimum Gasteiger partial charge on any atom is -0.381 e. The smallest absolute Gasteiger partial charge is 0.224 e. The lowest BCUT2D eigenvalue weighted by molar-refractivity contribution is 0.0328. The molecule has 2 rings (SSSR count). The Morgan fingerprint density at radius 1 is 1.60 bits per heavy atom. The number of aromatic nitrogens is 2. The molecule has 1 N–H and O–H groups in total. The van der Waals surface area contributed by atoms with Crippen molar-refractivity contribution in [1.29, 1.82) is 0 Å². The maximum Gasteiger partial charge on any atom is 0.224 e. The summed E-state index contributed by atoms with van der Waals surface area (Å²) in [6.07, 6.45) is 4.03. The van der Waals surface area contributed by atoms with Crippen molar-refractivity contribution in [2.24, 2.45) is 0 Å². The second kappa shape index (κ2) is 4.63. The molecule has 1 fully saturated rings. The summed E-state index contributed by atoms with van der Waals surface area (Å²) in [5, 5.41) is 3.54. The number of hydrogen-bond donors (Lipinski definition) is 1. The molecule has 0 atom stereocenters. The lowest BCUT2D eigenvalue weighted by Gasteiger charge is -2.35. The molecule has 1 saturated carbocycles. The first kappa shape index (κ1) is 11.1. The summed E-state index contributed by atoms with van der Waals surface area (Å²) < 4.78 is 6.02. The van der Waals surface area contributed by atoms with Crippen LogP contribution in [0, 0.1) is 0 Å². The van der Waals surface area contributed by atoms with Crippen molar-refractivity contribution in [2.45, 2.75) is 25.0 Å². The molecule has 82 valence electrons. The van der Waals surface area contributed by atoms with Crippen LogP contribution >= 0.6 is 27.5 Å². The Balaban J connectivity index is 1.97. The summed E-state index contributed by atoms with van der Waals surface area (Å²) in [4.78, 5) is 7.97. The molecule has 0 radical (unpaired) electrons. The average Bonchev–Trinajstić information content (AvgIpc) is 2.16. The van der Waals surface area contributed by atoms with E-state index >= 15 is 0 Å². The van der Waals surface area contributed by atoms with E-state index in [0.29, 0.717) is 12.1 Å². The van der Waals surface area contributed by atoms with Crippen molar-refractivity contribution >= 4 is 33.3 Å². The van der Waals surface area contributed by atoms with Crippen LogP contribution in [0.4, 0.5) is 5.82 Å². The van der Waals surface area contributed by atoms with Gasteiger partial charge in [0.2, 0.25) is 5.28 Å². The van der Waals surface area contributed by atoms with Gasteiger partial charge in [0.1, 0.15) is 5.82 Å². The fraction of sp³-hybridized carbons (Fsp3) is 0.556. The Bertz CT molecular complexity index is 357. The molecule has 0 saturated heterocycles. The largest absolute Gasteiger partial charge is 0.381 e. The number of halogens is 2. The van der Waals surface area contributed by atoms with Crippen LogP contribution in [0.3, 0.4) is 0 Å². The van der Waals surface area contributed by atoms with Gasteiger partial charge in [-0.1, -0.05) is 0 Å². The third-order valence-electron chi connectivity index (χ3n) is 2.48.